The molecule has 0 N–H and O–H groups in total. The number of ketones is 1. The molecule has 1 aromatic carbocycles. The summed E-state index contributed by atoms with van der Waals surface area (Å²) >= 11 is 1.57. The van der Waals surface area contributed by atoms with Crippen molar-refractivity contribution in [3.8, 4) is 0 Å². The summed E-state index contributed by atoms with van der Waals surface area (Å²) in [6.07, 6.45) is 0. The molecule has 0 fully saturated rings. The Morgan fingerprint density at radius 2 is 2.12 bits per heavy atom. The van der Waals surface area contributed by atoms with E-state index >= 15 is 0 Å². The Morgan fingerprint density at radius 3 is 2.62 bits per heavy atom. The van der Waals surface area contributed by atoms with Crippen molar-refractivity contribution < 1.29 is 17.6 Å². The molecule has 0 heterocycles. The topological polar surface area (TPSA) is 51.2 Å². The van der Waals surface area contributed by atoms with Crippen LogP contribution in [0.25, 0.3) is 0 Å². The van der Waals surface area contributed by atoms with Crippen LogP contribution in [-0.2, 0) is 9.84 Å². The summed E-state index contributed by atoms with van der Waals surface area (Å²) in [5.74, 6) is -1.24. The molecule has 3 nitrogen and oxygen atoms in total. The minimum atomic E-state index is -3.44. The van der Waals surface area contributed by atoms with E-state index in [-0.39, 0.29) is 11.3 Å². The summed E-state index contributed by atoms with van der Waals surface area (Å²) in [5, 5.41) is 0. The lowest BCUT2D eigenvalue weighted by Crippen LogP contribution is -2.26. The lowest BCUT2D eigenvalue weighted by Gasteiger charge is -2.08. The number of halogens is 2. The molecule has 16 heavy (non-hydrogen) atoms. The van der Waals surface area contributed by atoms with Crippen molar-refractivity contribution in [1.29, 1.82) is 0 Å². The Morgan fingerprint density at radius 1 is 1.50 bits per heavy atom. The number of carbonyl (C=O) groups is 1. The van der Waals surface area contributed by atoms with Crippen LogP contribution in [0, 0.1) is 5.82 Å². The molecule has 0 aliphatic rings. The molecule has 0 bridgehead atoms. The summed E-state index contributed by atoms with van der Waals surface area (Å²) in [4.78, 5) is 11.7. The zero-order chi connectivity index (χ0) is 12.3. The van der Waals surface area contributed by atoms with Gasteiger partial charge in [-0.15, -0.1) is 0 Å². The second-order valence-electron chi connectivity index (χ2n) is 3.14. The number of alkyl halides is 1. The molecule has 0 aliphatic carbocycles. The SMILES string of the molecule is CCS(=O)(=O)[C@@H](I)C(=O)c1cccc(F)c1. The van der Waals surface area contributed by atoms with E-state index in [0.717, 1.165) is 6.07 Å². The van der Waals surface area contributed by atoms with Crippen LogP contribution in [0.1, 0.15) is 17.3 Å². The lowest BCUT2D eigenvalue weighted by atomic mass is 10.1. The van der Waals surface area contributed by atoms with Crippen LogP contribution in [0.3, 0.4) is 0 Å². The Labute approximate surface area is 107 Å². The van der Waals surface area contributed by atoms with E-state index in [0.29, 0.717) is 0 Å². The van der Waals surface area contributed by atoms with Gasteiger partial charge in [0.2, 0.25) is 0 Å². The van der Waals surface area contributed by atoms with E-state index < -0.39 is 24.7 Å². The van der Waals surface area contributed by atoms with E-state index in [1.54, 1.807) is 22.6 Å². The van der Waals surface area contributed by atoms with Crippen LogP contribution >= 0.6 is 22.6 Å². The zero-order valence-electron chi connectivity index (χ0n) is 8.48. The van der Waals surface area contributed by atoms with Crippen molar-refractivity contribution in [3.05, 3.63) is 35.6 Å². The molecule has 0 aliphatic heterocycles. The van der Waals surface area contributed by atoms with Crippen molar-refractivity contribution >= 4 is 38.2 Å². The third-order valence-electron chi connectivity index (χ3n) is 2.03. The fourth-order valence-corrected chi connectivity index (χ4v) is 3.28. The predicted molar refractivity (Wildman–Crippen MR) is 68.0 cm³/mol. The van der Waals surface area contributed by atoms with Crippen LogP contribution in [-0.4, -0.2) is 23.2 Å². The van der Waals surface area contributed by atoms with Crippen LogP contribution in [0.15, 0.2) is 24.3 Å². The van der Waals surface area contributed by atoms with Gasteiger partial charge < -0.3 is 0 Å². The number of hydrogen-bond donors (Lipinski definition) is 0. The Balaban J connectivity index is 3.04. The van der Waals surface area contributed by atoms with Gasteiger partial charge in [0.15, 0.2) is 18.9 Å². The fraction of sp³-hybridized carbons (Fsp3) is 0.300. The Kier molecular flexibility index (Phi) is 4.43. The Hall–Kier alpha value is -0.500. The quantitative estimate of drug-likeness (QED) is 0.472. The van der Waals surface area contributed by atoms with Gasteiger partial charge in [-0.25, -0.2) is 12.8 Å². The van der Waals surface area contributed by atoms with Gasteiger partial charge >= 0.3 is 0 Å². The largest absolute Gasteiger partial charge is 0.292 e. The summed E-state index contributed by atoms with van der Waals surface area (Å²) in [5.41, 5.74) is 0.0800. The second-order valence-corrected chi connectivity index (χ2v) is 7.61. The van der Waals surface area contributed by atoms with Gasteiger partial charge in [0.25, 0.3) is 0 Å². The number of carbonyl (C=O) groups excluding carboxylic acids is 1. The van der Waals surface area contributed by atoms with E-state index in [4.69, 9.17) is 0 Å². The first-order valence-electron chi connectivity index (χ1n) is 4.54. The van der Waals surface area contributed by atoms with E-state index in [2.05, 4.69) is 0 Å². The molecule has 0 saturated carbocycles. The molecular formula is C10H10FIO3S. The van der Waals surface area contributed by atoms with Crippen molar-refractivity contribution in [2.24, 2.45) is 0 Å². The molecule has 1 aromatic rings. The van der Waals surface area contributed by atoms with E-state index in [1.807, 2.05) is 0 Å². The molecule has 0 unspecified atom stereocenters. The van der Waals surface area contributed by atoms with Gasteiger partial charge in [-0.3, -0.25) is 4.79 Å². The summed E-state index contributed by atoms with van der Waals surface area (Å²) in [6.45, 7) is 1.47. The highest BCUT2D eigenvalue weighted by atomic mass is 127. The summed E-state index contributed by atoms with van der Waals surface area (Å²) in [6, 6.07) is 5.03. The zero-order valence-corrected chi connectivity index (χ0v) is 11.5. The molecule has 1 atom stereocenters. The standard InChI is InChI=1S/C10H10FIO3S/c1-2-16(14,15)10(12)9(13)7-4-3-5-8(11)6-7/h3-6,10H,2H2,1H3/t10-/m1/s1. The average molecular weight is 356 g/mol. The van der Waals surface area contributed by atoms with Gasteiger partial charge in [-0.2, -0.15) is 0 Å². The highest BCUT2D eigenvalue weighted by Gasteiger charge is 2.28. The molecular weight excluding hydrogens is 346 g/mol. The maximum atomic E-state index is 12.9. The molecule has 0 saturated heterocycles. The fourth-order valence-electron chi connectivity index (χ4n) is 1.08. The van der Waals surface area contributed by atoms with Crippen LogP contribution in [0.4, 0.5) is 4.39 Å². The average Bonchev–Trinajstić information content (AvgIpc) is 2.27. The van der Waals surface area contributed by atoms with Gasteiger partial charge in [-0.1, -0.05) is 41.6 Å². The third-order valence-corrected chi connectivity index (χ3v) is 6.57. The number of benzene rings is 1. The predicted octanol–water partition coefficient (Wildman–Crippen LogP) is 2.20. The van der Waals surface area contributed by atoms with Crippen LogP contribution < -0.4 is 0 Å². The lowest BCUT2D eigenvalue weighted by molar-refractivity contribution is 0.101. The van der Waals surface area contributed by atoms with Gasteiger partial charge in [0.05, 0.1) is 0 Å². The third kappa shape index (κ3) is 3.00. The van der Waals surface area contributed by atoms with E-state index in [1.165, 1.54) is 25.1 Å². The van der Waals surface area contributed by atoms with E-state index in [9.17, 15) is 17.6 Å². The first-order valence-corrected chi connectivity index (χ1v) is 7.50. The first-order chi connectivity index (χ1) is 7.38. The minimum Gasteiger partial charge on any atom is -0.292 e. The molecule has 1 rings (SSSR count). The second kappa shape index (κ2) is 5.22. The monoisotopic (exact) mass is 356 g/mol. The van der Waals surface area contributed by atoms with Crippen molar-refractivity contribution in [3.63, 3.8) is 0 Å². The molecule has 0 amide bonds. The number of rotatable bonds is 4. The first kappa shape index (κ1) is 13.6. The molecule has 88 valence electrons. The Bertz CT molecular complexity index is 499. The smallest absolute Gasteiger partial charge is 0.190 e. The molecule has 0 aromatic heterocycles. The molecule has 0 radical (unpaired) electrons. The normalized spacial score (nSPS) is 13.4. The van der Waals surface area contributed by atoms with Crippen molar-refractivity contribution in [1.82, 2.24) is 0 Å². The summed E-state index contributed by atoms with van der Waals surface area (Å²) < 4.78 is 34.7. The summed E-state index contributed by atoms with van der Waals surface area (Å²) in [7, 11) is -3.44. The molecule has 0 spiro atoms. The maximum absolute atomic E-state index is 12.9. The van der Waals surface area contributed by atoms with Crippen molar-refractivity contribution in [2.45, 2.75) is 10.2 Å². The highest BCUT2D eigenvalue weighted by Crippen LogP contribution is 2.18. The van der Waals surface area contributed by atoms with Crippen LogP contribution in [0.5, 0.6) is 0 Å². The number of sulfone groups is 1. The molecule has 6 heteroatoms. The van der Waals surface area contributed by atoms with Crippen molar-refractivity contribution in [2.75, 3.05) is 5.75 Å². The van der Waals surface area contributed by atoms with Gasteiger partial charge in [-0.05, 0) is 12.1 Å². The maximum Gasteiger partial charge on any atom is 0.190 e. The highest BCUT2D eigenvalue weighted by molar-refractivity contribution is 14.1. The van der Waals surface area contributed by atoms with Gasteiger partial charge in [0, 0.05) is 11.3 Å². The van der Waals surface area contributed by atoms with Crippen LogP contribution in [0.2, 0.25) is 0 Å². The number of Topliss-reactive ketones (excluding diaryl/α,β-unsaturated/α-hetero) is 1. The number of hydrogen-bond acceptors (Lipinski definition) is 3. The van der Waals surface area contributed by atoms with Gasteiger partial charge in [0.1, 0.15) is 5.82 Å². The minimum absolute atomic E-state index is 0.0800.